The van der Waals surface area contributed by atoms with E-state index in [0.717, 1.165) is 64.2 Å². The molecule has 0 aliphatic heterocycles. The molecule has 0 rings (SSSR count). The summed E-state index contributed by atoms with van der Waals surface area (Å²) in [4.78, 5) is 43.7. The summed E-state index contributed by atoms with van der Waals surface area (Å²) in [7, 11) is -9.61. The minimum atomic E-state index is -4.81. The molecular weight excluding hydrogens is 890 g/mol. The van der Waals surface area contributed by atoms with Gasteiger partial charge in [0, 0.05) is 12.8 Å². The number of carbonyl (C=O) groups is 2. The number of aliphatic hydroxyl groups excluding tert-OH is 3. The zero-order chi connectivity index (χ0) is 48.8. The van der Waals surface area contributed by atoms with Crippen LogP contribution < -0.4 is 0 Å². The lowest BCUT2D eigenvalue weighted by Gasteiger charge is -2.19. The van der Waals surface area contributed by atoms with Gasteiger partial charge in [0.25, 0.3) is 0 Å². The van der Waals surface area contributed by atoms with E-state index in [1.807, 2.05) is 12.2 Å². The predicted molar refractivity (Wildman–Crippen MR) is 260 cm³/mol. The highest BCUT2D eigenvalue weighted by Crippen LogP contribution is 2.45. The molecule has 5 N–H and O–H groups in total. The number of aliphatic hydroxyl groups is 3. The summed E-state index contributed by atoms with van der Waals surface area (Å²) in [6, 6.07) is 0. The van der Waals surface area contributed by atoms with Gasteiger partial charge in [0.2, 0.25) is 0 Å². The summed E-state index contributed by atoms with van der Waals surface area (Å²) in [5.41, 5.74) is 0. The molecule has 5 unspecified atom stereocenters. The number of hydrogen-bond acceptors (Lipinski definition) is 13. The quantitative estimate of drug-likeness (QED) is 0.0166. The van der Waals surface area contributed by atoms with E-state index < -0.39 is 85.5 Å². The zero-order valence-corrected chi connectivity index (χ0v) is 41.4. The average molecular weight is 973 g/mol. The number of esters is 2. The molecule has 66 heavy (non-hydrogen) atoms. The van der Waals surface area contributed by atoms with E-state index in [-0.39, 0.29) is 12.8 Å². The van der Waals surface area contributed by atoms with Crippen LogP contribution >= 0.6 is 15.6 Å². The van der Waals surface area contributed by atoms with Gasteiger partial charge in [-0.05, 0) is 83.5 Å². The molecule has 0 amide bonds. The van der Waals surface area contributed by atoms with E-state index in [9.17, 15) is 43.8 Å². The Hall–Kier alpha value is -3.04. The van der Waals surface area contributed by atoms with Crippen LogP contribution in [0.3, 0.4) is 0 Å². The minimum Gasteiger partial charge on any atom is -0.463 e. The topological polar surface area (TPSA) is 225 Å². The highest BCUT2D eigenvalue weighted by Gasteiger charge is 2.28. The Balaban J connectivity index is 4.00. The number of rotatable bonds is 44. The van der Waals surface area contributed by atoms with Gasteiger partial charge in [0.05, 0.1) is 26.4 Å². The first-order valence-corrected chi connectivity index (χ1v) is 26.6. The van der Waals surface area contributed by atoms with Crippen LogP contribution in [0, 0.1) is 0 Å². The molecule has 0 aliphatic carbocycles. The Labute approximate surface area is 395 Å². The van der Waals surface area contributed by atoms with Crippen molar-refractivity contribution >= 4 is 27.6 Å². The summed E-state index contributed by atoms with van der Waals surface area (Å²) in [5.74, 6) is -1.11. The molecule has 0 aromatic rings. The highest BCUT2D eigenvalue weighted by molar-refractivity contribution is 7.47. The van der Waals surface area contributed by atoms with Crippen LogP contribution in [0.4, 0.5) is 0 Å². The average Bonchev–Trinajstić information content (AvgIpc) is 3.29. The number of carbonyl (C=O) groups excluding carboxylic acids is 2. The van der Waals surface area contributed by atoms with Crippen LogP contribution in [0.15, 0.2) is 97.2 Å². The molecule has 0 spiro atoms. The highest BCUT2D eigenvalue weighted by atomic mass is 31.2. The van der Waals surface area contributed by atoms with Gasteiger partial charge in [-0.2, -0.15) is 0 Å². The van der Waals surface area contributed by atoms with Crippen molar-refractivity contribution in [2.24, 2.45) is 0 Å². The summed E-state index contributed by atoms with van der Waals surface area (Å²) in [6.45, 7) is 0.140. The van der Waals surface area contributed by atoms with Crippen LogP contribution in [0.1, 0.15) is 142 Å². The smallest absolute Gasteiger partial charge is 0.463 e. The molecule has 0 heterocycles. The lowest BCUT2D eigenvalue weighted by molar-refractivity contribution is -0.148. The van der Waals surface area contributed by atoms with Crippen molar-refractivity contribution in [2.45, 2.75) is 161 Å². The molecule has 17 heteroatoms. The van der Waals surface area contributed by atoms with Crippen LogP contribution in [-0.4, -0.2) is 95.0 Å². The van der Waals surface area contributed by atoms with Crippen molar-refractivity contribution in [3.63, 3.8) is 0 Å². The third-order valence-corrected chi connectivity index (χ3v) is 10.9. The predicted octanol–water partition coefficient (Wildman–Crippen LogP) is 10.7. The minimum absolute atomic E-state index is 0.0860. The lowest BCUT2D eigenvalue weighted by Crippen LogP contribution is -2.25. The van der Waals surface area contributed by atoms with Crippen molar-refractivity contribution in [3.8, 4) is 0 Å². The number of phosphoric ester groups is 2. The van der Waals surface area contributed by atoms with E-state index in [1.165, 1.54) is 38.5 Å². The number of phosphoric acid groups is 2. The van der Waals surface area contributed by atoms with Gasteiger partial charge in [-0.3, -0.25) is 27.7 Å². The Kier molecular flexibility index (Phi) is 42.4. The third-order valence-electron chi connectivity index (χ3n) is 9.04. The van der Waals surface area contributed by atoms with E-state index >= 15 is 0 Å². The fourth-order valence-corrected chi connectivity index (χ4v) is 6.97. The fourth-order valence-electron chi connectivity index (χ4n) is 5.38. The number of hydrogen-bond donors (Lipinski definition) is 5. The Morgan fingerprint density at radius 3 is 1.14 bits per heavy atom. The van der Waals surface area contributed by atoms with Crippen LogP contribution in [0.5, 0.6) is 0 Å². The Morgan fingerprint density at radius 1 is 0.409 bits per heavy atom. The molecule has 0 saturated carbocycles. The van der Waals surface area contributed by atoms with Crippen molar-refractivity contribution in [3.05, 3.63) is 97.2 Å². The molecule has 0 aromatic heterocycles. The second-order valence-corrected chi connectivity index (χ2v) is 18.3. The second-order valence-electron chi connectivity index (χ2n) is 15.4. The van der Waals surface area contributed by atoms with Gasteiger partial charge in [0.15, 0.2) is 0 Å². The van der Waals surface area contributed by atoms with Crippen molar-refractivity contribution in [2.75, 3.05) is 39.6 Å². The number of allylic oxidation sites excluding steroid dienone is 16. The van der Waals surface area contributed by atoms with E-state index in [4.69, 9.17) is 9.47 Å². The zero-order valence-electron chi connectivity index (χ0n) is 39.6. The molecule has 0 radical (unpaired) electrons. The Bertz CT molecular complexity index is 1550. The maximum atomic E-state index is 12.2. The SMILES string of the molecule is CC/C=C\C/C=C\C/C=C\C/C=C\C/C=C\C/C=C\CCCCC(=O)OCC(O)COP(=O)(O)OCC(O)COP(=O)(O)OCC(O)COC(=O)CC/C=C/C/C=C\CCCCCCCC. The first-order valence-electron chi connectivity index (χ1n) is 23.6. The molecule has 0 bridgehead atoms. The van der Waals surface area contributed by atoms with Crippen LogP contribution in [0.2, 0.25) is 0 Å². The maximum absolute atomic E-state index is 12.2. The molecule has 378 valence electrons. The van der Waals surface area contributed by atoms with Crippen molar-refractivity contribution < 1.29 is 71.4 Å². The third kappa shape index (κ3) is 46.1. The molecule has 0 aliphatic rings. The van der Waals surface area contributed by atoms with E-state index in [1.54, 1.807) is 0 Å². The lowest BCUT2D eigenvalue weighted by atomic mass is 10.1. The molecule has 0 saturated heterocycles. The summed E-state index contributed by atoms with van der Waals surface area (Å²) < 4.78 is 52.8. The van der Waals surface area contributed by atoms with E-state index in [2.05, 4.69) is 117 Å². The first-order chi connectivity index (χ1) is 31.8. The normalized spacial score (nSPS) is 15.9. The molecule has 0 fully saturated rings. The largest absolute Gasteiger partial charge is 0.472 e. The Morgan fingerprint density at radius 2 is 0.727 bits per heavy atom. The summed E-state index contributed by atoms with van der Waals surface area (Å²) in [6.07, 6.45) is 47.1. The van der Waals surface area contributed by atoms with Gasteiger partial charge >= 0.3 is 27.6 Å². The fraction of sp³-hybridized carbons (Fsp3) is 0.633. The van der Waals surface area contributed by atoms with E-state index in [0.29, 0.717) is 12.8 Å². The van der Waals surface area contributed by atoms with Crippen LogP contribution in [-0.2, 0) is 46.3 Å². The summed E-state index contributed by atoms with van der Waals surface area (Å²) >= 11 is 0. The van der Waals surface area contributed by atoms with Gasteiger partial charge in [-0.15, -0.1) is 0 Å². The van der Waals surface area contributed by atoms with Crippen LogP contribution in [0.25, 0.3) is 0 Å². The van der Waals surface area contributed by atoms with Gasteiger partial charge in [-0.1, -0.05) is 143 Å². The number of unbranched alkanes of at least 4 members (excludes halogenated alkanes) is 8. The monoisotopic (exact) mass is 973 g/mol. The molecule has 5 atom stereocenters. The maximum Gasteiger partial charge on any atom is 0.472 e. The van der Waals surface area contributed by atoms with Gasteiger partial charge < -0.3 is 34.6 Å². The number of ether oxygens (including phenoxy) is 2. The second kappa shape index (κ2) is 44.5. The molecule has 15 nitrogen and oxygen atoms in total. The first kappa shape index (κ1) is 63.0. The van der Waals surface area contributed by atoms with Crippen molar-refractivity contribution in [1.29, 1.82) is 0 Å². The van der Waals surface area contributed by atoms with Gasteiger partial charge in [0.1, 0.15) is 31.5 Å². The summed E-state index contributed by atoms with van der Waals surface area (Å²) in [5, 5.41) is 30.0. The van der Waals surface area contributed by atoms with Crippen molar-refractivity contribution in [1.82, 2.24) is 0 Å². The molecular formula is C49H82O15P2. The standard InChI is InChI=1S/C49H82O15P2/c1-3-5-7-9-11-13-15-17-18-19-20-21-22-23-24-26-28-30-32-34-36-38-49(54)60-40-46(51)42-62-66(57,58)64-44-47(52)43-63-65(55,56)61-41-45(50)39-59-48(53)37-35-33-31-29-27-25-16-14-12-10-8-6-4-2/h5,7,11,13,17-18,20-21,23-25,27-28,30-31,33,45-47,50-52H,3-4,6,8-10,12,14-16,19,22,26,29,32,34-44H2,1-2H3,(H,55,56)(H,57,58)/b7-5-,13-11-,18-17-,21-20-,24-23-,27-25-,30-28-,33-31+. The van der Waals surface area contributed by atoms with Gasteiger partial charge in [-0.25, -0.2) is 9.13 Å². The molecule has 0 aromatic carbocycles.